The van der Waals surface area contributed by atoms with E-state index >= 15 is 0 Å². The Balaban J connectivity index is 1.65. The Morgan fingerprint density at radius 3 is 2.66 bits per heavy atom. The molecule has 0 aliphatic heterocycles. The Bertz CT molecular complexity index is 1330. The lowest BCUT2D eigenvalue weighted by Crippen LogP contribution is -2.24. The van der Waals surface area contributed by atoms with Gasteiger partial charge < -0.3 is 10.1 Å². The first-order chi connectivity index (χ1) is 15.5. The molecule has 4 aromatic rings. The first kappa shape index (κ1) is 21.9. The molecule has 0 spiro atoms. The van der Waals surface area contributed by atoms with E-state index in [1.807, 2.05) is 40.8 Å². The summed E-state index contributed by atoms with van der Waals surface area (Å²) in [5.41, 5.74) is 1.26. The van der Waals surface area contributed by atoms with Crippen molar-refractivity contribution >= 4 is 40.0 Å². The van der Waals surface area contributed by atoms with Crippen LogP contribution in [0.15, 0.2) is 58.5 Å². The monoisotopic (exact) mass is 451 g/mol. The second-order valence-corrected chi connectivity index (χ2v) is 8.75. The first-order valence-electron chi connectivity index (χ1n) is 10.4. The molecule has 2 aromatic carbocycles. The van der Waals surface area contributed by atoms with E-state index in [9.17, 15) is 9.59 Å². The third-order valence-corrected chi connectivity index (χ3v) is 6.05. The van der Waals surface area contributed by atoms with Crippen LogP contribution in [0.4, 0.5) is 5.69 Å². The van der Waals surface area contributed by atoms with Crippen molar-refractivity contribution in [2.75, 3.05) is 18.2 Å². The molecule has 8 nitrogen and oxygen atoms in total. The van der Waals surface area contributed by atoms with Crippen LogP contribution in [0.3, 0.4) is 0 Å². The number of methoxy groups -OCH3 is 1. The van der Waals surface area contributed by atoms with Crippen molar-refractivity contribution in [2.45, 2.75) is 32.0 Å². The van der Waals surface area contributed by atoms with Crippen LogP contribution in [0.1, 0.15) is 20.3 Å². The Morgan fingerprint density at radius 1 is 1.12 bits per heavy atom. The molecule has 0 aliphatic rings. The minimum absolute atomic E-state index is 0.0772. The lowest BCUT2D eigenvalue weighted by atomic mass is 10.1. The minimum atomic E-state index is -0.186. The van der Waals surface area contributed by atoms with E-state index < -0.39 is 0 Å². The van der Waals surface area contributed by atoms with Crippen molar-refractivity contribution < 1.29 is 9.53 Å². The number of thioether (sulfide) groups is 1. The molecule has 0 radical (unpaired) electrons. The number of fused-ring (bicyclic) bond motifs is 3. The van der Waals surface area contributed by atoms with Crippen molar-refractivity contribution in [1.82, 2.24) is 19.2 Å². The molecule has 2 aromatic heterocycles. The number of nitrogens with one attached hydrogen (secondary N) is 1. The van der Waals surface area contributed by atoms with Gasteiger partial charge in [0, 0.05) is 6.54 Å². The molecular formula is C23H25N5O3S. The van der Waals surface area contributed by atoms with Crippen LogP contribution in [0.5, 0.6) is 5.75 Å². The SMILES string of the molecule is COc1ccccc1NC(=O)CSc1nnc2n(CCC(C)C)c(=O)c3ccccc3n12. The van der Waals surface area contributed by atoms with Crippen molar-refractivity contribution in [2.24, 2.45) is 5.92 Å². The third-order valence-electron chi connectivity index (χ3n) is 5.12. The summed E-state index contributed by atoms with van der Waals surface area (Å²) in [5, 5.41) is 12.6. The highest BCUT2D eigenvalue weighted by atomic mass is 32.2. The molecule has 9 heteroatoms. The topological polar surface area (TPSA) is 90.5 Å². The number of hydrogen-bond acceptors (Lipinski definition) is 6. The molecule has 0 saturated heterocycles. The molecule has 0 fully saturated rings. The van der Waals surface area contributed by atoms with E-state index in [0.717, 1.165) is 11.9 Å². The Morgan fingerprint density at radius 2 is 1.88 bits per heavy atom. The quantitative estimate of drug-likeness (QED) is 0.410. The van der Waals surface area contributed by atoms with Crippen LogP contribution in [0.25, 0.3) is 16.7 Å². The van der Waals surface area contributed by atoms with Gasteiger partial charge in [0.15, 0.2) is 5.16 Å². The van der Waals surface area contributed by atoms with E-state index in [-0.39, 0.29) is 17.2 Å². The van der Waals surface area contributed by atoms with Gasteiger partial charge in [-0.25, -0.2) is 0 Å². The number of aryl methyl sites for hydroxylation is 1. The molecule has 1 amide bonds. The molecule has 0 atom stereocenters. The zero-order valence-electron chi connectivity index (χ0n) is 18.2. The largest absolute Gasteiger partial charge is 0.495 e. The first-order valence-corrected chi connectivity index (χ1v) is 11.4. The highest BCUT2D eigenvalue weighted by Crippen LogP contribution is 2.25. The number of amides is 1. The van der Waals surface area contributed by atoms with Gasteiger partial charge in [0.1, 0.15) is 5.75 Å². The lowest BCUT2D eigenvalue weighted by Gasteiger charge is -2.12. The summed E-state index contributed by atoms with van der Waals surface area (Å²) in [5.74, 6) is 1.48. The highest BCUT2D eigenvalue weighted by Gasteiger charge is 2.18. The summed E-state index contributed by atoms with van der Waals surface area (Å²) in [4.78, 5) is 25.7. The van der Waals surface area contributed by atoms with Gasteiger partial charge in [-0.2, -0.15) is 0 Å². The van der Waals surface area contributed by atoms with Crippen molar-refractivity contribution in [3.8, 4) is 5.75 Å². The van der Waals surface area contributed by atoms with Crippen LogP contribution >= 0.6 is 11.8 Å². The molecule has 0 bridgehead atoms. The molecule has 4 rings (SSSR count). The Labute approximate surface area is 189 Å². The fourth-order valence-corrected chi connectivity index (χ4v) is 4.22. The number of benzene rings is 2. The number of para-hydroxylation sites is 3. The summed E-state index contributed by atoms with van der Waals surface area (Å²) in [6.07, 6.45) is 0.852. The molecule has 0 aliphatic carbocycles. The fraction of sp³-hybridized carbons (Fsp3) is 0.304. The molecule has 32 heavy (non-hydrogen) atoms. The third kappa shape index (κ3) is 4.34. The number of aromatic nitrogens is 4. The molecule has 1 N–H and O–H groups in total. The fourth-order valence-electron chi connectivity index (χ4n) is 3.48. The smallest absolute Gasteiger partial charge is 0.262 e. The van der Waals surface area contributed by atoms with E-state index in [4.69, 9.17) is 4.74 Å². The molecule has 0 unspecified atom stereocenters. The van der Waals surface area contributed by atoms with Crippen LogP contribution in [-0.2, 0) is 11.3 Å². The summed E-state index contributed by atoms with van der Waals surface area (Å²) in [6.45, 7) is 4.80. The second-order valence-electron chi connectivity index (χ2n) is 7.81. The van der Waals surface area contributed by atoms with Crippen LogP contribution < -0.4 is 15.6 Å². The molecule has 0 saturated carbocycles. The summed E-state index contributed by atoms with van der Waals surface area (Å²) in [7, 11) is 1.56. The van der Waals surface area contributed by atoms with Crippen molar-refractivity contribution in [3.05, 3.63) is 58.9 Å². The number of carbonyl (C=O) groups excluding carboxylic acids is 1. The highest BCUT2D eigenvalue weighted by molar-refractivity contribution is 7.99. The number of hydrogen-bond donors (Lipinski definition) is 1. The number of rotatable bonds is 8. The van der Waals surface area contributed by atoms with Crippen LogP contribution in [0.2, 0.25) is 0 Å². The summed E-state index contributed by atoms with van der Waals surface area (Å²) >= 11 is 1.27. The lowest BCUT2D eigenvalue weighted by molar-refractivity contribution is -0.113. The van der Waals surface area contributed by atoms with E-state index in [1.54, 1.807) is 23.8 Å². The summed E-state index contributed by atoms with van der Waals surface area (Å²) < 4.78 is 8.82. The minimum Gasteiger partial charge on any atom is -0.495 e. The second kappa shape index (κ2) is 9.44. The van der Waals surface area contributed by atoms with E-state index in [0.29, 0.717) is 40.2 Å². The van der Waals surface area contributed by atoms with Crippen LogP contribution in [0, 0.1) is 5.92 Å². The van der Waals surface area contributed by atoms with Gasteiger partial charge in [-0.15, -0.1) is 10.2 Å². The van der Waals surface area contributed by atoms with Gasteiger partial charge in [-0.3, -0.25) is 18.6 Å². The number of anilines is 1. The van der Waals surface area contributed by atoms with Crippen molar-refractivity contribution in [3.63, 3.8) is 0 Å². The van der Waals surface area contributed by atoms with Crippen LogP contribution in [-0.4, -0.2) is 37.9 Å². The van der Waals surface area contributed by atoms with E-state index in [2.05, 4.69) is 29.4 Å². The van der Waals surface area contributed by atoms with Gasteiger partial charge in [0.2, 0.25) is 11.7 Å². The molecule has 2 heterocycles. The van der Waals surface area contributed by atoms with Gasteiger partial charge in [-0.05, 0) is 36.6 Å². The standard InChI is InChI=1S/C23H25N5O3S/c1-15(2)12-13-27-21(30)16-8-4-6-10-18(16)28-22(27)25-26-23(28)32-14-20(29)24-17-9-5-7-11-19(17)31-3/h4-11,15H,12-14H2,1-3H3,(H,24,29). The average molecular weight is 452 g/mol. The zero-order valence-corrected chi connectivity index (χ0v) is 19.1. The van der Waals surface area contributed by atoms with Crippen molar-refractivity contribution in [1.29, 1.82) is 0 Å². The zero-order chi connectivity index (χ0) is 22.7. The van der Waals surface area contributed by atoms with Gasteiger partial charge in [-0.1, -0.05) is 49.9 Å². The average Bonchev–Trinajstić information content (AvgIpc) is 3.22. The predicted molar refractivity (Wildman–Crippen MR) is 127 cm³/mol. The molecular weight excluding hydrogens is 426 g/mol. The van der Waals surface area contributed by atoms with Gasteiger partial charge >= 0.3 is 0 Å². The predicted octanol–water partition coefficient (Wildman–Crippen LogP) is 3.83. The maximum Gasteiger partial charge on any atom is 0.262 e. The number of nitrogens with zero attached hydrogens (tertiary/aromatic N) is 4. The summed E-state index contributed by atoms with van der Waals surface area (Å²) in [6, 6.07) is 14.7. The Kier molecular flexibility index (Phi) is 6.45. The molecule has 166 valence electrons. The Hall–Kier alpha value is -3.33. The number of ether oxygens (including phenoxy) is 1. The van der Waals surface area contributed by atoms with Gasteiger partial charge in [0.25, 0.3) is 5.56 Å². The maximum atomic E-state index is 13.1. The number of carbonyl (C=O) groups is 1. The normalized spacial score (nSPS) is 11.4. The maximum absolute atomic E-state index is 13.1. The van der Waals surface area contributed by atoms with E-state index in [1.165, 1.54) is 11.8 Å². The van der Waals surface area contributed by atoms with Gasteiger partial charge in [0.05, 0.1) is 29.5 Å².